The van der Waals surface area contributed by atoms with Gasteiger partial charge in [0.1, 0.15) is 0 Å². The third kappa shape index (κ3) is 3.89. The number of hydrogen-bond acceptors (Lipinski definition) is 2. The summed E-state index contributed by atoms with van der Waals surface area (Å²) < 4.78 is 11.2. The predicted octanol–water partition coefficient (Wildman–Crippen LogP) is 2.02. The molecule has 1 fully saturated rings. The first-order chi connectivity index (χ1) is 5.08. The molecule has 0 bridgehead atoms. The smallest absolute Gasteiger partial charge is 0.184 e. The van der Waals surface area contributed by atoms with Crippen molar-refractivity contribution in [1.82, 2.24) is 0 Å². The van der Waals surface area contributed by atoms with Crippen molar-refractivity contribution in [2.45, 2.75) is 38.6 Å². The zero-order valence-electron chi connectivity index (χ0n) is 7.72. The van der Waals surface area contributed by atoms with Crippen LogP contribution in [0.1, 0.15) is 12.8 Å². The molecule has 1 saturated heterocycles. The molecule has 0 saturated carbocycles. The molecule has 66 valence electrons. The summed E-state index contributed by atoms with van der Waals surface area (Å²) in [6.07, 6.45) is 2.73. The van der Waals surface area contributed by atoms with Gasteiger partial charge in [-0.1, -0.05) is 0 Å². The molecule has 1 atom stereocenters. The standard InChI is InChI=1S/C8H18O2Si/c1-11(2,3)10-8-5-4-6-9-7-8/h8H,4-7H2,1-3H3. The van der Waals surface area contributed by atoms with Crippen LogP contribution in [-0.4, -0.2) is 27.6 Å². The Balaban J connectivity index is 2.24. The third-order valence-electron chi connectivity index (χ3n) is 1.64. The molecular weight excluding hydrogens is 156 g/mol. The van der Waals surface area contributed by atoms with Gasteiger partial charge in [-0.2, -0.15) is 0 Å². The summed E-state index contributed by atoms with van der Waals surface area (Å²) in [5.74, 6) is 0. The van der Waals surface area contributed by atoms with Gasteiger partial charge in [0.25, 0.3) is 0 Å². The van der Waals surface area contributed by atoms with Gasteiger partial charge in [0.2, 0.25) is 0 Å². The molecule has 1 unspecified atom stereocenters. The predicted molar refractivity (Wildman–Crippen MR) is 48.3 cm³/mol. The topological polar surface area (TPSA) is 18.5 Å². The second-order valence-electron chi connectivity index (χ2n) is 4.07. The number of rotatable bonds is 2. The lowest BCUT2D eigenvalue weighted by atomic mass is 10.2. The van der Waals surface area contributed by atoms with E-state index >= 15 is 0 Å². The minimum absolute atomic E-state index is 0.385. The maximum atomic E-state index is 5.89. The quantitative estimate of drug-likeness (QED) is 0.596. The number of ether oxygens (including phenoxy) is 1. The van der Waals surface area contributed by atoms with Crippen molar-refractivity contribution in [3.8, 4) is 0 Å². The van der Waals surface area contributed by atoms with Crippen LogP contribution in [0.3, 0.4) is 0 Å². The van der Waals surface area contributed by atoms with E-state index in [1.807, 2.05) is 0 Å². The molecule has 1 rings (SSSR count). The monoisotopic (exact) mass is 174 g/mol. The molecule has 1 heterocycles. The average molecular weight is 174 g/mol. The van der Waals surface area contributed by atoms with Gasteiger partial charge in [0, 0.05) is 6.61 Å². The molecule has 2 nitrogen and oxygen atoms in total. The van der Waals surface area contributed by atoms with E-state index in [1.54, 1.807) is 0 Å². The van der Waals surface area contributed by atoms with Crippen molar-refractivity contribution < 1.29 is 9.16 Å². The van der Waals surface area contributed by atoms with Crippen LogP contribution in [0.4, 0.5) is 0 Å². The van der Waals surface area contributed by atoms with E-state index in [-0.39, 0.29) is 0 Å². The summed E-state index contributed by atoms with van der Waals surface area (Å²) >= 11 is 0. The van der Waals surface area contributed by atoms with Crippen LogP contribution in [0.25, 0.3) is 0 Å². The van der Waals surface area contributed by atoms with Crippen LogP contribution in [0.15, 0.2) is 0 Å². The summed E-state index contributed by atoms with van der Waals surface area (Å²) in [5, 5.41) is 0. The Morgan fingerprint density at radius 2 is 2.09 bits per heavy atom. The Morgan fingerprint density at radius 1 is 1.36 bits per heavy atom. The lowest BCUT2D eigenvalue weighted by Gasteiger charge is -2.29. The zero-order chi connectivity index (χ0) is 8.32. The van der Waals surface area contributed by atoms with Gasteiger partial charge < -0.3 is 9.16 Å². The highest BCUT2D eigenvalue weighted by Gasteiger charge is 2.22. The van der Waals surface area contributed by atoms with Gasteiger partial charge >= 0.3 is 0 Å². The Bertz CT molecular complexity index is 114. The normalized spacial score (nSPS) is 27.0. The highest BCUT2D eigenvalue weighted by atomic mass is 28.4. The summed E-state index contributed by atoms with van der Waals surface area (Å²) in [6.45, 7) is 8.40. The van der Waals surface area contributed by atoms with Crippen LogP contribution in [0.5, 0.6) is 0 Å². The van der Waals surface area contributed by atoms with E-state index in [9.17, 15) is 0 Å². The van der Waals surface area contributed by atoms with E-state index in [2.05, 4.69) is 19.6 Å². The molecule has 0 N–H and O–H groups in total. The van der Waals surface area contributed by atoms with Gasteiger partial charge in [-0.05, 0) is 32.5 Å². The molecule has 0 aromatic rings. The Labute approximate surface area is 70.0 Å². The Hall–Kier alpha value is 0.137. The summed E-state index contributed by atoms with van der Waals surface area (Å²) in [6, 6.07) is 0. The average Bonchev–Trinajstić information content (AvgIpc) is 1.85. The summed E-state index contributed by atoms with van der Waals surface area (Å²) in [4.78, 5) is 0. The summed E-state index contributed by atoms with van der Waals surface area (Å²) in [5.41, 5.74) is 0. The second kappa shape index (κ2) is 3.69. The van der Waals surface area contributed by atoms with Crippen molar-refractivity contribution in [3.63, 3.8) is 0 Å². The molecular formula is C8H18O2Si. The largest absolute Gasteiger partial charge is 0.412 e. The maximum Gasteiger partial charge on any atom is 0.184 e. The fraction of sp³-hybridized carbons (Fsp3) is 1.00. The molecule has 0 aromatic heterocycles. The highest BCUT2D eigenvalue weighted by Crippen LogP contribution is 2.15. The molecule has 0 spiro atoms. The van der Waals surface area contributed by atoms with Crippen LogP contribution in [0, 0.1) is 0 Å². The van der Waals surface area contributed by atoms with Crippen LogP contribution in [-0.2, 0) is 9.16 Å². The van der Waals surface area contributed by atoms with Crippen LogP contribution < -0.4 is 0 Å². The second-order valence-corrected chi connectivity index (χ2v) is 8.53. The van der Waals surface area contributed by atoms with Gasteiger partial charge in [0.15, 0.2) is 8.32 Å². The van der Waals surface area contributed by atoms with Gasteiger partial charge in [-0.3, -0.25) is 0 Å². The fourth-order valence-corrected chi connectivity index (χ4v) is 2.49. The Morgan fingerprint density at radius 3 is 2.55 bits per heavy atom. The fourth-order valence-electron chi connectivity index (χ4n) is 1.30. The van der Waals surface area contributed by atoms with Crippen molar-refractivity contribution in [2.75, 3.05) is 13.2 Å². The van der Waals surface area contributed by atoms with Gasteiger partial charge in [-0.15, -0.1) is 0 Å². The zero-order valence-corrected chi connectivity index (χ0v) is 8.72. The minimum atomic E-state index is -1.32. The molecule has 11 heavy (non-hydrogen) atoms. The maximum absolute atomic E-state index is 5.89. The van der Waals surface area contributed by atoms with E-state index in [4.69, 9.17) is 9.16 Å². The van der Waals surface area contributed by atoms with Gasteiger partial charge in [0.05, 0.1) is 12.7 Å². The number of hydrogen-bond donors (Lipinski definition) is 0. The first-order valence-corrected chi connectivity index (χ1v) is 7.74. The highest BCUT2D eigenvalue weighted by molar-refractivity contribution is 6.69. The molecule has 0 aliphatic carbocycles. The first kappa shape index (κ1) is 9.23. The van der Waals surface area contributed by atoms with Crippen molar-refractivity contribution in [1.29, 1.82) is 0 Å². The van der Waals surface area contributed by atoms with E-state index < -0.39 is 8.32 Å². The third-order valence-corrected chi connectivity index (χ3v) is 2.68. The molecule has 0 amide bonds. The molecule has 0 aromatic carbocycles. The van der Waals surface area contributed by atoms with Gasteiger partial charge in [-0.25, -0.2) is 0 Å². The SMILES string of the molecule is C[Si](C)(C)OC1CCCOC1. The van der Waals surface area contributed by atoms with Crippen molar-refractivity contribution in [3.05, 3.63) is 0 Å². The summed E-state index contributed by atoms with van der Waals surface area (Å²) in [7, 11) is -1.32. The van der Waals surface area contributed by atoms with E-state index in [1.165, 1.54) is 6.42 Å². The van der Waals surface area contributed by atoms with Crippen molar-refractivity contribution >= 4 is 8.32 Å². The van der Waals surface area contributed by atoms with E-state index in [0.29, 0.717) is 6.10 Å². The van der Waals surface area contributed by atoms with Crippen molar-refractivity contribution in [2.24, 2.45) is 0 Å². The molecule has 0 radical (unpaired) electrons. The first-order valence-electron chi connectivity index (χ1n) is 4.33. The minimum Gasteiger partial charge on any atom is -0.412 e. The van der Waals surface area contributed by atoms with Crippen LogP contribution >= 0.6 is 0 Å². The molecule has 1 aliphatic rings. The molecule has 1 aliphatic heterocycles. The molecule has 3 heteroatoms. The lowest BCUT2D eigenvalue weighted by molar-refractivity contribution is 0.00377. The van der Waals surface area contributed by atoms with Crippen LogP contribution in [0.2, 0.25) is 19.6 Å². The lowest BCUT2D eigenvalue weighted by Crippen LogP contribution is -2.36. The van der Waals surface area contributed by atoms with E-state index in [0.717, 1.165) is 19.6 Å². The Kier molecular flexibility index (Phi) is 3.10.